The van der Waals surface area contributed by atoms with Crippen LogP contribution in [-0.4, -0.2) is 32.2 Å². The van der Waals surface area contributed by atoms with Crippen LogP contribution in [0.2, 0.25) is 0 Å². The molecule has 0 aromatic carbocycles. The van der Waals surface area contributed by atoms with E-state index in [0.29, 0.717) is 17.7 Å². The number of aryl methyl sites for hydroxylation is 1. The molecule has 7 nitrogen and oxygen atoms in total. The third-order valence-electron chi connectivity index (χ3n) is 3.58. The molecule has 0 radical (unpaired) electrons. The number of nitrogens with zero attached hydrogens (tertiary/aromatic N) is 4. The average molecular weight is 364 g/mol. The van der Waals surface area contributed by atoms with Crippen LogP contribution in [0.25, 0.3) is 10.8 Å². The zero-order chi connectivity index (χ0) is 18.7. The summed E-state index contributed by atoms with van der Waals surface area (Å²) in [6, 6.07) is 3.23. The molecule has 0 amide bonds. The molecule has 0 aliphatic carbocycles. The first kappa shape index (κ1) is 17.6. The normalized spacial score (nSPS) is 11.5. The summed E-state index contributed by atoms with van der Waals surface area (Å²) in [7, 11) is 0. The van der Waals surface area contributed by atoms with Crippen LogP contribution in [0.3, 0.4) is 0 Å². The Labute approximate surface area is 145 Å². The zero-order valence-electron chi connectivity index (χ0n) is 13.7. The molecule has 2 N–H and O–H groups in total. The van der Waals surface area contributed by atoms with Crippen molar-refractivity contribution in [3.8, 4) is 0 Å². The van der Waals surface area contributed by atoms with Gasteiger partial charge in [-0.25, -0.2) is 9.97 Å². The van der Waals surface area contributed by atoms with Crippen LogP contribution in [0.5, 0.6) is 0 Å². The highest BCUT2D eigenvalue weighted by Gasteiger charge is 2.27. The van der Waals surface area contributed by atoms with Crippen molar-refractivity contribution < 1.29 is 13.2 Å². The van der Waals surface area contributed by atoms with E-state index >= 15 is 0 Å². The van der Waals surface area contributed by atoms with Gasteiger partial charge in [0.15, 0.2) is 0 Å². The second-order valence-corrected chi connectivity index (χ2v) is 5.41. The fraction of sp³-hybridized carbons (Fsp3) is 0.250. The molecule has 0 atom stereocenters. The summed E-state index contributed by atoms with van der Waals surface area (Å²) in [5, 5.41) is 5.65. The summed E-state index contributed by atoms with van der Waals surface area (Å²) in [5.74, 6) is 0.485. The first-order valence-corrected chi connectivity index (χ1v) is 7.75. The van der Waals surface area contributed by atoms with E-state index in [1.165, 1.54) is 23.2 Å². The van der Waals surface area contributed by atoms with E-state index in [1.54, 1.807) is 25.3 Å². The lowest BCUT2D eigenvalue weighted by Crippen LogP contribution is -2.24. The fourth-order valence-corrected chi connectivity index (χ4v) is 2.42. The van der Waals surface area contributed by atoms with Gasteiger partial charge in [0, 0.05) is 25.1 Å². The van der Waals surface area contributed by atoms with Crippen LogP contribution in [0.1, 0.15) is 6.92 Å². The Bertz CT molecular complexity index is 971. The average Bonchev–Trinajstić information content (AvgIpc) is 2.60. The summed E-state index contributed by atoms with van der Waals surface area (Å²) >= 11 is 0. The number of pyridine rings is 2. The van der Waals surface area contributed by atoms with Crippen molar-refractivity contribution in [1.29, 1.82) is 0 Å². The molecular formula is C16H15F3N6O. The standard InChI is InChI=1S/C16H15F3N6O/c1-2-25-6-3-10-7-11(23-12-8-20-4-5-21-12)24-14(13(10)15(25)26)22-9-16(17,18)19/h3-8H,2,9H2,1H3,(H2,21,22,23,24). The summed E-state index contributed by atoms with van der Waals surface area (Å²) in [6.45, 7) is 0.866. The molecule has 0 saturated carbocycles. The van der Waals surface area contributed by atoms with Crippen molar-refractivity contribution in [2.45, 2.75) is 19.6 Å². The van der Waals surface area contributed by atoms with Gasteiger partial charge >= 0.3 is 6.18 Å². The van der Waals surface area contributed by atoms with Crippen molar-refractivity contribution in [3.05, 3.63) is 47.3 Å². The summed E-state index contributed by atoms with van der Waals surface area (Å²) in [6.07, 6.45) is 1.55. The van der Waals surface area contributed by atoms with Crippen LogP contribution < -0.4 is 16.2 Å². The van der Waals surface area contributed by atoms with E-state index < -0.39 is 18.3 Å². The summed E-state index contributed by atoms with van der Waals surface area (Å²) < 4.78 is 39.3. The lowest BCUT2D eigenvalue weighted by atomic mass is 10.2. The largest absolute Gasteiger partial charge is 0.405 e. The minimum atomic E-state index is -4.44. The Morgan fingerprint density at radius 2 is 2.04 bits per heavy atom. The highest BCUT2D eigenvalue weighted by atomic mass is 19.4. The molecule has 3 aromatic heterocycles. The van der Waals surface area contributed by atoms with E-state index in [9.17, 15) is 18.0 Å². The van der Waals surface area contributed by atoms with Crippen LogP contribution in [-0.2, 0) is 6.54 Å². The van der Waals surface area contributed by atoms with Crippen LogP contribution in [0, 0.1) is 0 Å². The molecule has 10 heteroatoms. The molecule has 0 bridgehead atoms. The van der Waals surface area contributed by atoms with Crippen molar-refractivity contribution in [3.63, 3.8) is 0 Å². The summed E-state index contributed by atoms with van der Waals surface area (Å²) in [5.41, 5.74) is -0.409. The van der Waals surface area contributed by atoms with Gasteiger partial charge in [0.2, 0.25) is 0 Å². The molecule has 0 fully saturated rings. The van der Waals surface area contributed by atoms with Gasteiger partial charge in [0.05, 0.1) is 11.6 Å². The van der Waals surface area contributed by atoms with Gasteiger partial charge in [-0.1, -0.05) is 0 Å². The number of alkyl halides is 3. The third kappa shape index (κ3) is 3.90. The fourth-order valence-electron chi connectivity index (χ4n) is 2.42. The SMILES string of the molecule is CCn1ccc2cc(Nc3cnccn3)nc(NCC(F)(F)F)c2c1=O. The third-order valence-corrected chi connectivity index (χ3v) is 3.58. The van der Waals surface area contributed by atoms with Gasteiger partial charge in [0.1, 0.15) is 24.0 Å². The first-order valence-electron chi connectivity index (χ1n) is 7.75. The number of nitrogens with one attached hydrogen (secondary N) is 2. The number of anilines is 3. The van der Waals surface area contributed by atoms with Crippen LogP contribution in [0.15, 0.2) is 41.7 Å². The number of halogens is 3. The Balaban J connectivity index is 2.09. The first-order chi connectivity index (χ1) is 12.4. The maximum atomic E-state index is 12.6. The monoisotopic (exact) mass is 364 g/mol. The molecule has 136 valence electrons. The Morgan fingerprint density at radius 1 is 1.23 bits per heavy atom. The van der Waals surface area contributed by atoms with E-state index in [0.717, 1.165) is 0 Å². The van der Waals surface area contributed by atoms with Gasteiger partial charge in [-0.2, -0.15) is 13.2 Å². The predicted octanol–water partition coefficient (Wildman–Crippen LogP) is 2.92. The van der Waals surface area contributed by atoms with Crippen LogP contribution >= 0.6 is 0 Å². The predicted molar refractivity (Wildman–Crippen MR) is 91.5 cm³/mol. The quantitative estimate of drug-likeness (QED) is 0.724. The topological polar surface area (TPSA) is 84.7 Å². The minimum absolute atomic E-state index is 0.100. The lowest BCUT2D eigenvalue weighted by Gasteiger charge is -2.14. The van der Waals surface area contributed by atoms with E-state index in [-0.39, 0.29) is 17.0 Å². The molecule has 0 saturated heterocycles. The van der Waals surface area contributed by atoms with Crippen LogP contribution in [0.4, 0.5) is 30.6 Å². The molecule has 0 aliphatic heterocycles. The molecular weight excluding hydrogens is 349 g/mol. The molecule has 3 rings (SSSR count). The maximum Gasteiger partial charge on any atom is 0.405 e. The number of aromatic nitrogens is 4. The second-order valence-electron chi connectivity index (χ2n) is 5.41. The number of hydrogen-bond donors (Lipinski definition) is 2. The van der Waals surface area contributed by atoms with Crippen molar-refractivity contribution in [2.24, 2.45) is 0 Å². The molecule has 3 aromatic rings. The van der Waals surface area contributed by atoms with Gasteiger partial charge < -0.3 is 15.2 Å². The number of rotatable bonds is 5. The van der Waals surface area contributed by atoms with E-state index in [2.05, 4.69) is 25.6 Å². The highest BCUT2D eigenvalue weighted by molar-refractivity contribution is 5.93. The van der Waals surface area contributed by atoms with Crippen molar-refractivity contribution >= 4 is 28.2 Å². The van der Waals surface area contributed by atoms with Gasteiger partial charge in [-0.05, 0) is 24.4 Å². The highest BCUT2D eigenvalue weighted by Crippen LogP contribution is 2.25. The van der Waals surface area contributed by atoms with Gasteiger partial charge in [-0.3, -0.25) is 9.78 Å². The molecule has 26 heavy (non-hydrogen) atoms. The van der Waals surface area contributed by atoms with Crippen molar-refractivity contribution in [1.82, 2.24) is 19.5 Å². The Hall–Kier alpha value is -3.17. The molecule has 3 heterocycles. The van der Waals surface area contributed by atoms with E-state index in [4.69, 9.17) is 0 Å². The number of fused-ring (bicyclic) bond motifs is 1. The molecule has 0 aliphatic rings. The maximum absolute atomic E-state index is 12.6. The molecule has 0 spiro atoms. The molecule has 0 unspecified atom stereocenters. The van der Waals surface area contributed by atoms with Gasteiger partial charge in [0.25, 0.3) is 5.56 Å². The Kier molecular flexibility index (Phi) is 4.74. The van der Waals surface area contributed by atoms with Crippen molar-refractivity contribution in [2.75, 3.05) is 17.2 Å². The minimum Gasteiger partial charge on any atom is -0.360 e. The summed E-state index contributed by atoms with van der Waals surface area (Å²) in [4.78, 5) is 24.6. The van der Waals surface area contributed by atoms with E-state index in [1.807, 2.05) is 0 Å². The zero-order valence-corrected chi connectivity index (χ0v) is 13.7. The second kappa shape index (κ2) is 6.98. The number of hydrogen-bond acceptors (Lipinski definition) is 6. The van der Waals surface area contributed by atoms with Gasteiger partial charge in [-0.15, -0.1) is 0 Å². The smallest absolute Gasteiger partial charge is 0.360 e. The lowest BCUT2D eigenvalue weighted by molar-refractivity contribution is -0.115. The Morgan fingerprint density at radius 3 is 2.69 bits per heavy atom.